The van der Waals surface area contributed by atoms with Gasteiger partial charge in [0.05, 0.1) is 28.4 Å². The van der Waals surface area contributed by atoms with Crippen LogP contribution in [-0.2, 0) is 6.54 Å². The number of rotatable bonds is 3. The van der Waals surface area contributed by atoms with Crippen molar-refractivity contribution in [2.75, 3.05) is 5.32 Å². The predicted molar refractivity (Wildman–Crippen MR) is 85.1 cm³/mol. The smallest absolute Gasteiger partial charge is 0.323 e. The van der Waals surface area contributed by atoms with Crippen molar-refractivity contribution in [1.82, 2.24) is 9.97 Å². The van der Waals surface area contributed by atoms with E-state index in [-0.39, 0.29) is 5.69 Å². The third-order valence-electron chi connectivity index (χ3n) is 3.21. The summed E-state index contributed by atoms with van der Waals surface area (Å²) in [6, 6.07) is 13.3. The maximum Gasteiger partial charge on any atom is 0.323 e. The van der Waals surface area contributed by atoms with Gasteiger partial charge in [0.25, 0.3) is 0 Å². The first-order chi connectivity index (χ1) is 10.2. The molecule has 0 saturated carbocycles. The van der Waals surface area contributed by atoms with E-state index in [2.05, 4.69) is 37.3 Å². The first kappa shape index (κ1) is 13.5. The molecule has 1 aromatic heterocycles. The van der Waals surface area contributed by atoms with E-state index in [0.29, 0.717) is 12.1 Å². The quantitative estimate of drug-likeness (QED) is 0.683. The second kappa shape index (κ2) is 5.46. The molecule has 0 saturated heterocycles. The fourth-order valence-electron chi connectivity index (χ4n) is 2.17. The van der Waals surface area contributed by atoms with Crippen LogP contribution in [0.3, 0.4) is 0 Å². The maximum atomic E-state index is 11.3. The van der Waals surface area contributed by atoms with Gasteiger partial charge in [-0.3, -0.25) is 0 Å². The third kappa shape index (κ3) is 2.69. The van der Waals surface area contributed by atoms with E-state index in [1.165, 1.54) is 0 Å². The fourth-order valence-corrected chi connectivity index (χ4v) is 2.65. The lowest BCUT2D eigenvalue weighted by Crippen LogP contribution is -2.02. The van der Waals surface area contributed by atoms with E-state index in [1.807, 2.05) is 30.3 Å². The van der Waals surface area contributed by atoms with Gasteiger partial charge in [-0.15, -0.1) is 0 Å². The van der Waals surface area contributed by atoms with E-state index in [4.69, 9.17) is 5.26 Å². The molecule has 0 aliphatic rings. The molecule has 2 aromatic carbocycles. The zero-order chi connectivity index (χ0) is 14.8. The molecule has 0 atom stereocenters. The molecular formula is C15H11BrN4O. The van der Waals surface area contributed by atoms with Gasteiger partial charge in [-0.25, -0.2) is 4.79 Å². The topological polar surface area (TPSA) is 84.5 Å². The number of nitrogens with one attached hydrogen (secondary N) is 3. The van der Waals surface area contributed by atoms with E-state index in [9.17, 15) is 4.79 Å². The zero-order valence-corrected chi connectivity index (χ0v) is 12.5. The molecule has 6 heteroatoms. The van der Waals surface area contributed by atoms with Crippen molar-refractivity contribution in [2.24, 2.45) is 0 Å². The highest BCUT2D eigenvalue weighted by atomic mass is 79.9. The number of aromatic nitrogens is 2. The van der Waals surface area contributed by atoms with Gasteiger partial charge in [0.2, 0.25) is 0 Å². The van der Waals surface area contributed by atoms with Crippen LogP contribution in [-0.4, -0.2) is 9.97 Å². The van der Waals surface area contributed by atoms with Gasteiger partial charge < -0.3 is 15.3 Å². The minimum atomic E-state index is -0.233. The molecule has 0 aliphatic carbocycles. The Labute approximate surface area is 128 Å². The van der Waals surface area contributed by atoms with Crippen LogP contribution in [0.1, 0.15) is 11.1 Å². The van der Waals surface area contributed by atoms with Crippen molar-refractivity contribution >= 4 is 32.7 Å². The molecule has 104 valence electrons. The summed E-state index contributed by atoms with van der Waals surface area (Å²) in [4.78, 5) is 16.7. The van der Waals surface area contributed by atoms with Crippen molar-refractivity contribution in [3.63, 3.8) is 0 Å². The van der Waals surface area contributed by atoms with E-state index >= 15 is 0 Å². The number of nitrogens with zero attached hydrogens (tertiary/aromatic N) is 1. The Bertz CT molecular complexity index is 904. The van der Waals surface area contributed by atoms with Crippen LogP contribution in [0.25, 0.3) is 11.0 Å². The summed E-state index contributed by atoms with van der Waals surface area (Å²) in [5.41, 5.74) is 3.68. The number of anilines is 1. The molecule has 0 spiro atoms. The van der Waals surface area contributed by atoms with Gasteiger partial charge in [-0.05, 0) is 39.7 Å². The van der Waals surface area contributed by atoms with Crippen molar-refractivity contribution in [3.05, 3.63) is 62.5 Å². The molecular weight excluding hydrogens is 332 g/mol. The van der Waals surface area contributed by atoms with Gasteiger partial charge in [0.15, 0.2) is 0 Å². The molecule has 0 bridgehead atoms. The molecule has 0 aliphatic heterocycles. The van der Waals surface area contributed by atoms with Crippen LogP contribution >= 0.6 is 15.9 Å². The molecule has 3 N–H and O–H groups in total. The number of hydrogen-bond donors (Lipinski definition) is 3. The van der Waals surface area contributed by atoms with Crippen LogP contribution in [0.2, 0.25) is 0 Å². The van der Waals surface area contributed by atoms with Crippen molar-refractivity contribution in [1.29, 1.82) is 5.26 Å². The average Bonchev–Trinajstić information content (AvgIpc) is 2.84. The second-order valence-electron chi connectivity index (χ2n) is 4.58. The molecule has 0 amide bonds. The monoisotopic (exact) mass is 342 g/mol. The molecule has 5 nitrogen and oxygen atoms in total. The highest BCUT2D eigenvalue weighted by molar-refractivity contribution is 9.10. The highest BCUT2D eigenvalue weighted by Crippen LogP contribution is 2.27. The fraction of sp³-hybridized carbons (Fsp3) is 0.0667. The number of H-pyrrole nitrogens is 2. The van der Waals surface area contributed by atoms with Crippen molar-refractivity contribution < 1.29 is 0 Å². The summed E-state index contributed by atoms with van der Waals surface area (Å²) in [6.45, 7) is 0.530. The van der Waals surface area contributed by atoms with Crippen LogP contribution in [0.4, 0.5) is 5.69 Å². The number of nitriles is 1. The molecule has 0 fully saturated rings. The van der Waals surface area contributed by atoms with Crippen LogP contribution in [0.15, 0.2) is 45.7 Å². The Morgan fingerprint density at radius 2 is 1.90 bits per heavy atom. The Balaban J connectivity index is 1.90. The molecule has 1 heterocycles. The standard InChI is InChI=1S/C15H11BrN4O/c16-11-5-13-14(20-15(21)19-13)6-12(11)18-8-10-4-2-1-3-9(10)7-17/h1-6,18H,8H2,(H2,19,20,21). The number of fused-ring (bicyclic) bond motifs is 1. The lowest BCUT2D eigenvalue weighted by molar-refractivity contribution is 1.13. The Kier molecular flexibility index (Phi) is 3.50. The van der Waals surface area contributed by atoms with E-state index < -0.39 is 0 Å². The van der Waals surface area contributed by atoms with Gasteiger partial charge in [0.1, 0.15) is 0 Å². The van der Waals surface area contributed by atoms with Crippen LogP contribution in [0.5, 0.6) is 0 Å². The first-order valence-corrected chi connectivity index (χ1v) is 7.10. The molecule has 3 aromatic rings. The van der Waals surface area contributed by atoms with Crippen LogP contribution in [0, 0.1) is 11.3 Å². The van der Waals surface area contributed by atoms with Crippen LogP contribution < -0.4 is 11.0 Å². The SMILES string of the molecule is N#Cc1ccccc1CNc1cc2[nH]c(=O)[nH]c2cc1Br. The summed E-state index contributed by atoms with van der Waals surface area (Å²) in [5.74, 6) is 0. The number of halogens is 1. The van der Waals surface area contributed by atoms with Gasteiger partial charge >= 0.3 is 5.69 Å². The lowest BCUT2D eigenvalue weighted by atomic mass is 10.1. The Morgan fingerprint density at radius 1 is 1.19 bits per heavy atom. The zero-order valence-electron chi connectivity index (χ0n) is 10.9. The third-order valence-corrected chi connectivity index (χ3v) is 3.87. The summed E-state index contributed by atoms with van der Waals surface area (Å²) < 4.78 is 0.847. The molecule has 3 rings (SSSR count). The minimum absolute atomic E-state index is 0.233. The lowest BCUT2D eigenvalue weighted by Gasteiger charge is -2.10. The van der Waals surface area contributed by atoms with E-state index in [0.717, 1.165) is 26.8 Å². The largest absolute Gasteiger partial charge is 0.380 e. The summed E-state index contributed by atoms with van der Waals surface area (Å²) in [5, 5.41) is 12.4. The predicted octanol–water partition coefficient (Wildman–Crippen LogP) is 3.10. The van der Waals surface area contributed by atoms with E-state index in [1.54, 1.807) is 6.07 Å². The highest BCUT2D eigenvalue weighted by Gasteiger charge is 2.06. The number of aromatic amines is 2. The Morgan fingerprint density at radius 3 is 2.67 bits per heavy atom. The van der Waals surface area contributed by atoms with Gasteiger partial charge in [-0.1, -0.05) is 18.2 Å². The molecule has 21 heavy (non-hydrogen) atoms. The number of imidazole rings is 1. The molecule has 0 radical (unpaired) electrons. The second-order valence-corrected chi connectivity index (χ2v) is 5.43. The van der Waals surface area contributed by atoms with Crippen molar-refractivity contribution in [2.45, 2.75) is 6.54 Å². The first-order valence-electron chi connectivity index (χ1n) is 6.31. The number of benzene rings is 2. The van der Waals surface area contributed by atoms with Crippen molar-refractivity contribution in [3.8, 4) is 6.07 Å². The number of hydrogen-bond acceptors (Lipinski definition) is 3. The minimum Gasteiger partial charge on any atom is -0.380 e. The van der Waals surface area contributed by atoms with Gasteiger partial charge in [0, 0.05) is 11.0 Å². The Hall–Kier alpha value is -2.52. The normalized spacial score (nSPS) is 10.5. The summed E-state index contributed by atoms with van der Waals surface area (Å²) in [7, 11) is 0. The molecule has 0 unspecified atom stereocenters. The van der Waals surface area contributed by atoms with Gasteiger partial charge in [-0.2, -0.15) is 5.26 Å². The maximum absolute atomic E-state index is 11.3. The average molecular weight is 343 g/mol. The summed E-state index contributed by atoms with van der Waals surface area (Å²) >= 11 is 3.47. The summed E-state index contributed by atoms with van der Waals surface area (Å²) in [6.07, 6.45) is 0.